The van der Waals surface area contributed by atoms with Crippen LogP contribution in [0.15, 0.2) is 102 Å². The van der Waals surface area contributed by atoms with E-state index < -0.39 is 52.5 Å². The van der Waals surface area contributed by atoms with Gasteiger partial charge in [0.2, 0.25) is 23.6 Å². The van der Waals surface area contributed by atoms with Crippen LogP contribution >= 0.6 is 0 Å². The highest BCUT2D eigenvalue weighted by atomic mass is 16.6. The lowest BCUT2D eigenvalue weighted by Gasteiger charge is -2.33. The third-order valence-electron chi connectivity index (χ3n) is 9.53. The number of amides is 5. The summed E-state index contributed by atoms with van der Waals surface area (Å²) in [5.41, 5.74) is -0.524. The summed E-state index contributed by atoms with van der Waals surface area (Å²) in [7, 11) is 1.57. The lowest BCUT2D eigenvalue weighted by Crippen LogP contribution is -2.59. The summed E-state index contributed by atoms with van der Waals surface area (Å²) < 4.78 is 11.2. The van der Waals surface area contributed by atoms with Gasteiger partial charge in [0.1, 0.15) is 16.7 Å². The fourth-order valence-corrected chi connectivity index (χ4v) is 6.36. The van der Waals surface area contributed by atoms with E-state index in [2.05, 4.69) is 31.7 Å². The number of hydrogen-bond donors (Lipinski definition) is 5. The Balaban J connectivity index is 1.63. The minimum atomic E-state index is -1.42. The second-order valence-corrected chi connectivity index (χ2v) is 16.6. The van der Waals surface area contributed by atoms with Crippen LogP contribution in [0.4, 0.5) is 4.79 Å². The average molecular weight is 795 g/mol. The molecule has 0 bridgehead atoms. The summed E-state index contributed by atoms with van der Waals surface area (Å²) in [5.74, 6) is -1.85. The monoisotopic (exact) mass is 794 g/mol. The molecule has 58 heavy (non-hydrogen) atoms. The Labute approximate surface area is 341 Å². The molecule has 0 fully saturated rings. The van der Waals surface area contributed by atoms with Gasteiger partial charge in [-0.25, -0.2) is 4.79 Å². The van der Waals surface area contributed by atoms with E-state index in [9.17, 15) is 24.0 Å². The largest absolute Gasteiger partial charge is 0.444 e. The van der Waals surface area contributed by atoms with Crippen LogP contribution in [0.1, 0.15) is 90.5 Å². The topological polar surface area (TPSA) is 181 Å². The molecule has 0 aliphatic carbocycles. The third-order valence-corrected chi connectivity index (χ3v) is 9.53. The maximum absolute atomic E-state index is 14.2. The smallest absolute Gasteiger partial charge is 0.408 e. The molecule has 13 heteroatoms. The first-order chi connectivity index (χ1) is 27.3. The van der Waals surface area contributed by atoms with Gasteiger partial charge in [-0.05, 0) is 78.9 Å². The van der Waals surface area contributed by atoms with E-state index in [1.54, 1.807) is 61.6 Å². The molecular weight excluding hydrogens is 737 g/mol. The summed E-state index contributed by atoms with van der Waals surface area (Å²) >= 11 is 0. The molecule has 3 atom stereocenters. The molecule has 310 valence electrons. The maximum Gasteiger partial charge on any atom is 0.408 e. The van der Waals surface area contributed by atoms with Crippen molar-refractivity contribution in [1.82, 2.24) is 31.7 Å². The van der Waals surface area contributed by atoms with E-state index in [1.807, 2.05) is 91.0 Å². The molecule has 0 aliphatic rings. The Bertz CT molecular complexity index is 1970. The zero-order chi connectivity index (χ0) is 42.5. The predicted molar refractivity (Wildman–Crippen MR) is 222 cm³/mol. The van der Waals surface area contributed by atoms with Crippen molar-refractivity contribution in [3.63, 3.8) is 0 Å². The number of rotatable bonds is 18. The van der Waals surface area contributed by atoms with Crippen molar-refractivity contribution in [2.24, 2.45) is 0 Å². The van der Waals surface area contributed by atoms with Crippen molar-refractivity contribution in [1.29, 1.82) is 0 Å². The molecular formula is C45H58N6O7. The molecule has 3 aromatic carbocycles. The van der Waals surface area contributed by atoms with E-state index in [1.165, 1.54) is 0 Å². The molecule has 0 saturated carbocycles. The standard InChI is InChI=1S/C45H58N6O7/c1-43(2,3)57-42(56)50-45(6,7)41(55)48-35(27-31-20-14-10-15-21-31)34(36-29-37(58-51-36)32-22-16-11-17-23-32)28-39(53)49-44(4,5)40(54)47-33(24-25-38(52)46-8)26-30-18-12-9-13-19-30/h9-23,29,33-35H,24-28H2,1-8H3,(H,46,52)(H,47,54)(H,48,55)(H,49,53)(H,50,56)/t33-,34+,35+/m1/s1. The number of carbonyl (C=O) groups is 5. The van der Waals surface area contributed by atoms with Gasteiger partial charge in [-0.3, -0.25) is 19.2 Å². The van der Waals surface area contributed by atoms with Crippen LogP contribution in [0.25, 0.3) is 11.3 Å². The van der Waals surface area contributed by atoms with Gasteiger partial charge in [0.05, 0.1) is 5.69 Å². The van der Waals surface area contributed by atoms with E-state index in [0.717, 1.165) is 16.7 Å². The summed E-state index contributed by atoms with van der Waals surface area (Å²) in [6, 6.07) is 29.1. The van der Waals surface area contributed by atoms with Crippen molar-refractivity contribution in [2.75, 3.05) is 7.05 Å². The Morgan fingerprint density at radius 2 is 1.22 bits per heavy atom. The fourth-order valence-electron chi connectivity index (χ4n) is 6.36. The molecule has 1 aromatic heterocycles. The highest BCUT2D eigenvalue weighted by Gasteiger charge is 2.38. The van der Waals surface area contributed by atoms with Crippen LogP contribution in [0.3, 0.4) is 0 Å². The lowest BCUT2D eigenvalue weighted by atomic mass is 9.86. The van der Waals surface area contributed by atoms with Gasteiger partial charge in [-0.2, -0.15) is 0 Å². The van der Waals surface area contributed by atoms with Gasteiger partial charge in [-0.15, -0.1) is 0 Å². The van der Waals surface area contributed by atoms with Crippen LogP contribution in [0.2, 0.25) is 0 Å². The minimum Gasteiger partial charge on any atom is -0.444 e. The van der Waals surface area contributed by atoms with E-state index in [4.69, 9.17) is 9.26 Å². The summed E-state index contributed by atoms with van der Waals surface area (Å²) in [6.07, 6.45) is 0.432. The molecule has 0 spiro atoms. The molecule has 0 aliphatic heterocycles. The first-order valence-electron chi connectivity index (χ1n) is 19.6. The number of ether oxygens (including phenoxy) is 1. The van der Waals surface area contributed by atoms with Crippen LogP contribution in [-0.4, -0.2) is 70.7 Å². The lowest BCUT2D eigenvalue weighted by molar-refractivity contribution is -0.133. The average Bonchev–Trinajstić information content (AvgIpc) is 3.66. The number of alkyl carbamates (subject to hydrolysis) is 1. The third kappa shape index (κ3) is 13.9. The van der Waals surface area contributed by atoms with Crippen molar-refractivity contribution in [3.05, 3.63) is 114 Å². The summed E-state index contributed by atoms with van der Waals surface area (Å²) in [6.45, 7) is 11.6. The highest BCUT2D eigenvalue weighted by molar-refractivity contribution is 5.92. The quantitative estimate of drug-likeness (QED) is 0.0814. The Hall–Kier alpha value is -5.98. The van der Waals surface area contributed by atoms with E-state index in [0.29, 0.717) is 24.3 Å². The number of carbonyl (C=O) groups excluding carboxylic acids is 5. The molecule has 0 saturated heterocycles. The Morgan fingerprint density at radius 1 is 0.690 bits per heavy atom. The van der Waals surface area contributed by atoms with Crippen LogP contribution in [0, 0.1) is 0 Å². The predicted octanol–water partition coefficient (Wildman–Crippen LogP) is 5.99. The molecule has 4 rings (SSSR count). The van der Waals surface area contributed by atoms with E-state index in [-0.39, 0.29) is 31.2 Å². The van der Waals surface area contributed by atoms with Gasteiger partial charge in [0, 0.05) is 49.5 Å². The maximum atomic E-state index is 14.2. The van der Waals surface area contributed by atoms with E-state index >= 15 is 0 Å². The highest BCUT2D eigenvalue weighted by Crippen LogP contribution is 2.30. The molecule has 0 radical (unpaired) electrons. The molecule has 13 nitrogen and oxygen atoms in total. The van der Waals surface area contributed by atoms with Crippen molar-refractivity contribution >= 4 is 29.7 Å². The number of nitrogens with one attached hydrogen (secondary N) is 5. The number of benzene rings is 3. The summed E-state index contributed by atoms with van der Waals surface area (Å²) in [5, 5.41) is 18.8. The first-order valence-corrected chi connectivity index (χ1v) is 19.6. The molecule has 0 unspecified atom stereocenters. The van der Waals surface area contributed by atoms with Gasteiger partial charge in [0.25, 0.3) is 0 Å². The van der Waals surface area contributed by atoms with Crippen LogP contribution in [-0.2, 0) is 36.8 Å². The Kier molecular flexibility index (Phi) is 15.4. The van der Waals surface area contributed by atoms with Crippen LogP contribution < -0.4 is 26.6 Å². The van der Waals surface area contributed by atoms with Gasteiger partial charge in [-0.1, -0.05) is 96.2 Å². The fraction of sp³-hybridized carbons (Fsp3) is 0.422. The molecule has 5 N–H and O–H groups in total. The molecule has 1 heterocycles. The summed E-state index contributed by atoms with van der Waals surface area (Å²) in [4.78, 5) is 67.1. The van der Waals surface area contributed by atoms with Gasteiger partial charge < -0.3 is 35.8 Å². The minimum absolute atomic E-state index is 0.143. The molecule has 5 amide bonds. The van der Waals surface area contributed by atoms with Crippen molar-refractivity contribution in [2.45, 2.75) is 115 Å². The van der Waals surface area contributed by atoms with Gasteiger partial charge in [0.15, 0.2) is 5.76 Å². The SMILES string of the molecule is CNC(=O)CC[C@H](Cc1ccccc1)NC(=O)C(C)(C)NC(=O)C[C@H](c1cc(-c2ccccc2)on1)[C@H](Cc1ccccc1)NC(=O)C(C)(C)NC(=O)OC(C)(C)C. The zero-order valence-corrected chi connectivity index (χ0v) is 34.8. The first kappa shape index (κ1) is 44.7. The Morgan fingerprint density at radius 3 is 1.79 bits per heavy atom. The second-order valence-electron chi connectivity index (χ2n) is 16.6. The molecule has 4 aromatic rings. The normalized spacial score (nSPS) is 13.3. The number of nitrogens with zero attached hydrogens (tertiary/aromatic N) is 1. The van der Waals surface area contributed by atoms with Gasteiger partial charge >= 0.3 is 6.09 Å². The van der Waals surface area contributed by atoms with Crippen molar-refractivity contribution in [3.8, 4) is 11.3 Å². The van der Waals surface area contributed by atoms with Crippen LogP contribution in [0.5, 0.6) is 0 Å². The van der Waals surface area contributed by atoms with Crippen molar-refractivity contribution < 1.29 is 33.2 Å². The number of aromatic nitrogens is 1. The zero-order valence-electron chi connectivity index (χ0n) is 34.8. The second kappa shape index (κ2) is 19.9. The number of hydrogen-bond acceptors (Lipinski definition) is 8.